The molecule has 1 fully saturated rings. The Balaban J connectivity index is 1.89. The van der Waals surface area contributed by atoms with Gasteiger partial charge >= 0.3 is 18.6 Å². The molecule has 0 spiro atoms. The molecular weight excluding hydrogens is 567 g/mol. The highest BCUT2D eigenvalue weighted by molar-refractivity contribution is 6.30. The first-order chi connectivity index (χ1) is 18.9. The van der Waals surface area contributed by atoms with Gasteiger partial charge in [-0.3, -0.25) is 4.98 Å². The molecule has 1 atom stereocenters. The van der Waals surface area contributed by atoms with Crippen LogP contribution in [0.25, 0.3) is 0 Å². The van der Waals surface area contributed by atoms with E-state index in [4.69, 9.17) is 11.6 Å². The van der Waals surface area contributed by atoms with Crippen LogP contribution in [0.4, 0.5) is 35.5 Å². The summed E-state index contributed by atoms with van der Waals surface area (Å²) in [6.07, 6.45) is -5.22. The summed E-state index contributed by atoms with van der Waals surface area (Å²) in [7, 11) is 0. The fourth-order valence-corrected chi connectivity index (χ4v) is 4.77. The lowest BCUT2D eigenvalue weighted by atomic mass is 9.80. The van der Waals surface area contributed by atoms with Gasteiger partial charge in [0.05, 0.1) is 10.7 Å². The number of carbonyl (C=O) groups excluding carboxylic acids is 1. The van der Waals surface area contributed by atoms with E-state index in [1.807, 2.05) is 0 Å². The number of carbonyl (C=O) groups is 1. The molecular formula is C27H23ClF7N3O2. The van der Waals surface area contributed by atoms with Crippen molar-refractivity contribution in [1.82, 2.24) is 15.6 Å². The summed E-state index contributed by atoms with van der Waals surface area (Å²) in [5.74, 6) is -4.51. The van der Waals surface area contributed by atoms with E-state index in [-0.39, 0.29) is 27.9 Å². The monoisotopic (exact) mass is 589 g/mol. The zero-order valence-electron chi connectivity index (χ0n) is 20.7. The third kappa shape index (κ3) is 6.78. The van der Waals surface area contributed by atoms with Crippen LogP contribution in [0.15, 0.2) is 54.7 Å². The molecule has 0 radical (unpaired) electrons. The molecule has 1 aliphatic carbocycles. The molecule has 1 heterocycles. The third-order valence-electron chi connectivity index (χ3n) is 6.51. The minimum atomic E-state index is -4.96. The topological polar surface area (TPSA) is 63.2 Å². The quantitative estimate of drug-likeness (QED) is 0.261. The van der Waals surface area contributed by atoms with Crippen molar-refractivity contribution in [3.8, 4) is 5.75 Å². The second-order valence-corrected chi connectivity index (χ2v) is 9.85. The Morgan fingerprint density at radius 2 is 1.75 bits per heavy atom. The molecule has 0 aliphatic heterocycles. The van der Waals surface area contributed by atoms with E-state index in [0.717, 1.165) is 37.1 Å². The number of benzene rings is 2. The summed E-state index contributed by atoms with van der Waals surface area (Å²) in [6.45, 7) is 0. The maximum absolute atomic E-state index is 14.8. The molecule has 1 saturated carbocycles. The van der Waals surface area contributed by atoms with Crippen molar-refractivity contribution in [1.29, 1.82) is 0 Å². The van der Waals surface area contributed by atoms with Gasteiger partial charge in [0.2, 0.25) is 0 Å². The van der Waals surface area contributed by atoms with E-state index in [2.05, 4.69) is 20.4 Å². The normalized spacial score (nSPS) is 15.6. The van der Waals surface area contributed by atoms with E-state index in [1.165, 1.54) is 24.4 Å². The summed E-state index contributed by atoms with van der Waals surface area (Å²) >= 11 is 5.99. The molecule has 2 aromatic carbocycles. The van der Waals surface area contributed by atoms with Gasteiger partial charge in [0.15, 0.2) is 11.6 Å². The van der Waals surface area contributed by atoms with E-state index >= 15 is 0 Å². The van der Waals surface area contributed by atoms with Crippen molar-refractivity contribution in [3.05, 3.63) is 94.0 Å². The summed E-state index contributed by atoms with van der Waals surface area (Å²) in [5, 5.41) is 5.68. The zero-order chi connectivity index (χ0) is 29.1. The highest BCUT2D eigenvalue weighted by Crippen LogP contribution is 2.37. The molecule has 1 unspecified atom stereocenters. The Morgan fingerprint density at radius 1 is 1.02 bits per heavy atom. The van der Waals surface area contributed by atoms with Crippen LogP contribution in [0, 0.1) is 17.5 Å². The van der Waals surface area contributed by atoms with Crippen molar-refractivity contribution in [2.75, 3.05) is 0 Å². The van der Waals surface area contributed by atoms with Gasteiger partial charge in [-0.1, -0.05) is 30.5 Å². The van der Waals surface area contributed by atoms with Crippen LogP contribution >= 0.6 is 11.6 Å². The van der Waals surface area contributed by atoms with Crippen molar-refractivity contribution < 1.29 is 40.3 Å². The number of alkyl halides is 4. The number of rotatable bonds is 9. The van der Waals surface area contributed by atoms with E-state index in [0.29, 0.717) is 18.9 Å². The fourth-order valence-electron chi connectivity index (χ4n) is 4.66. The predicted octanol–water partition coefficient (Wildman–Crippen LogP) is 7.12. The van der Waals surface area contributed by atoms with Crippen LogP contribution in [-0.4, -0.2) is 29.6 Å². The van der Waals surface area contributed by atoms with Crippen LogP contribution in [0.5, 0.6) is 5.75 Å². The number of amides is 2. The average Bonchev–Trinajstić information content (AvgIpc) is 3.38. The highest BCUT2D eigenvalue weighted by Gasteiger charge is 2.45. The Bertz CT molecular complexity index is 1350. The van der Waals surface area contributed by atoms with Gasteiger partial charge in [-0.15, -0.1) is 0 Å². The number of pyridine rings is 1. The number of nitrogens with zero attached hydrogens (tertiary/aromatic N) is 1. The number of aromatic nitrogens is 1. The minimum absolute atomic E-state index is 0.000347. The molecule has 5 nitrogen and oxygen atoms in total. The second-order valence-electron chi connectivity index (χ2n) is 9.41. The molecule has 3 aromatic rings. The standard InChI is InChI=1S/C27H23ClF7N3O2/c28-17-6-8-23(36-14-17)26(13-15-5-7-21(30)22(31)9-15,38-25(39)37-19-3-1-2-4-19)16-10-18(29)12-20(11-16)40-27(34,35)24(32)33/h5-12,14,19,24H,1-4,13H2,(H2,37,38,39). The Labute approximate surface area is 229 Å². The van der Waals surface area contributed by atoms with Gasteiger partial charge in [-0.05, 0) is 60.4 Å². The summed E-state index contributed by atoms with van der Waals surface area (Å²) < 4.78 is 100. The van der Waals surface area contributed by atoms with Crippen LogP contribution in [0.2, 0.25) is 5.02 Å². The number of hydrogen-bond donors (Lipinski definition) is 2. The minimum Gasteiger partial charge on any atom is -0.428 e. The summed E-state index contributed by atoms with van der Waals surface area (Å²) in [6, 6.07) is 6.87. The maximum atomic E-state index is 14.8. The van der Waals surface area contributed by atoms with Crippen molar-refractivity contribution >= 4 is 17.6 Å². The van der Waals surface area contributed by atoms with Gasteiger partial charge < -0.3 is 15.4 Å². The number of nitrogens with one attached hydrogen (secondary N) is 2. The smallest absolute Gasteiger partial charge is 0.428 e. The molecule has 13 heteroatoms. The summed E-state index contributed by atoms with van der Waals surface area (Å²) in [4.78, 5) is 17.5. The largest absolute Gasteiger partial charge is 0.461 e. The van der Waals surface area contributed by atoms with Crippen LogP contribution in [-0.2, 0) is 12.0 Å². The molecule has 40 heavy (non-hydrogen) atoms. The van der Waals surface area contributed by atoms with Crippen molar-refractivity contribution in [2.45, 2.75) is 56.2 Å². The van der Waals surface area contributed by atoms with Crippen molar-refractivity contribution in [3.63, 3.8) is 0 Å². The van der Waals surface area contributed by atoms with Crippen LogP contribution in [0.3, 0.4) is 0 Å². The number of hydrogen-bond acceptors (Lipinski definition) is 3. The first kappa shape index (κ1) is 29.4. The van der Waals surface area contributed by atoms with Gasteiger partial charge in [0.1, 0.15) is 17.1 Å². The number of halogens is 8. The Morgan fingerprint density at radius 3 is 2.38 bits per heavy atom. The third-order valence-corrected chi connectivity index (χ3v) is 6.73. The predicted molar refractivity (Wildman–Crippen MR) is 132 cm³/mol. The van der Waals surface area contributed by atoms with Crippen LogP contribution < -0.4 is 15.4 Å². The fraction of sp³-hybridized carbons (Fsp3) is 0.333. The number of ether oxygens (including phenoxy) is 1. The Kier molecular flexibility index (Phi) is 8.77. The Hall–Kier alpha value is -3.54. The van der Waals surface area contributed by atoms with Gasteiger partial charge in [-0.2, -0.15) is 17.6 Å². The average molecular weight is 590 g/mol. The van der Waals surface area contributed by atoms with Crippen LogP contribution in [0.1, 0.15) is 42.5 Å². The van der Waals surface area contributed by atoms with E-state index in [1.54, 1.807) is 0 Å². The molecule has 1 aliphatic rings. The van der Waals surface area contributed by atoms with Gasteiger partial charge in [-0.25, -0.2) is 18.0 Å². The summed E-state index contributed by atoms with van der Waals surface area (Å²) in [5.41, 5.74) is -2.09. The van der Waals surface area contributed by atoms with Gasteiger partial charge in [0.25, 0.3) is 0 Å². The lowest BCUT2D eigenvalue weighted by molar-refractivity contribution is -0.253. The molecule has 0 saturated heterocycles. The second kappa shape index (κ2) is 11.9. The first-order valence-electron chi connectivity index (χ1n) is 12.2. The maximum Gasteiger partial charge on any atom is 0.461 e. The molecule has 214 valence electrons. The van der Waals surface area contributed by atoms with E-state index < -0.39 is 53.7 Å². The lowest BCUT2D eigenvalue weighted by Gasteiger charge is -2.36. The zero-order valence-corrected chi connectivity index (χ0v) is 21.4. The highest BCUT2D eigenvalue weighted by atomic mass is 35.5. The number of urea groups is 1. The first-order valence-corrected chi connectivity index (χ1v) is 12.6. The molecule has 2 N–H and O–H groups in total. The molecule has 4 rings (SSSR count). The van der Waals surface area contributed by atoms with Crippen molar-refractivity contribution in [2.24, 2.45) is 0 Å². The SMILES string of the molecule is O=C(NC1CCCC1)NC(Cc1ccc(F)c(F)c1)(c1cc(F)cc(OC(F)(F)C(F)F)c1)c1ccc(Cl)cn1. The molecule has 1 aromatic heterocycles. The van der Waals surface area contributed by atoms with Gasteiger partial charge in [0, 0.05) is 24.7 Å². The lowest BCUT2D eigenvalue weighted by Crippen LogP contribution is -2.54. The molecule has 2 amide bonds. The van der Waals surface area contributed by atoms with E-state index in [9.17, 15) is 35.5 Å². The molecule has 0 bridgehead atoms.